The van der Waals surface area contributed by atoms with Gasteiger partial charge in [-0.2, -0.15) is 5.10 Å². The highest BCUT2D eigenvalue weighted by molar-refractivity contribution is 5.94. The number of aryl methyl sites for hydroxylation is 1. The third-order valence-corrected chi connectivity index (χ3v) is 5.10. The lowest BCUT2D eigenvalue weighted by Gasteiger charge is -2.09. The second-order valence-electron chi connectivity index (χ2n) is 6.91. The Morgan fingerprint density at radius 3 is 2.96 bits per heavy atom. The predicted molar refractivity (Wildman–Crippen MR) is 93.8 cm³/mol. The van der Waals surface area contributed by atoms with Crippen LogP contribution in [0.3, 0.4) is 0 Å². The summed E-state index contributed by atoms with van der Waals surface area (Å²) in [6, 6.07) is 8.10. The molecule has 1 aliphatic carbocycles. The van der Waals surface area contributed by atoms with Gasteiger partial charge >= 0.3 is 0 Å². The summed E-state index contributed by atoms with van der Waals surface area (Å²) in [5.74, 6) is 0.0942. The summed E-state index contributed by atoms with van der Waals surface area (Å²) in [4.78, 5) is 24.0. The molecule has 2 amide bonds. The largest absolute Gasteiger partial charge is 0.356 e. The van der Waals surface area contributed by atoms with Crippen LogP contribution in [0.15, 0.2) is 24.3 Å². The molecule has 4 rings (SSSR count). The van der Waals surface area contributed by atoms with Crippen LogP contribution in [0.5, 0.6) is 0 Å². The lowest BCUT2D eigenvalue weighted by molar-refractivity contribution is -0.119. The average molecular weight is 338 g/mol. The molecule has 2 heterocycles. The number of carbonyl (C=O) groups is 2. The molecule has 1 saturated heterocycles. The van der Waals surface area contributed by atoms with Gasteiger partial charge in [-0.15, -0.1) is 0 Å². The highest BCUT2D eigenvalue weighted by Crippen LogP contribution is 2.28. The fourth-order valence-electron chi connectivity index (χ4n) is 3.75. The van der Waals surface area contributed by atoms with E-state index in [0.29, 0.717) is 25.2 Å². The van der Waals surface area contributed by atoms with Crippen LogP contribution in [0.2, 0.25) is 0 Å². The second kappa shape index (κ2) is 6.35. The summed E-state index contributed by atoms with van der Waals surface area (Å²) < 4.78 is 1.94. The number of hydrogen-bond acceptors (Lipinski definition) is 3. The summed E-state index contributed by atoms with van der Waals surface area (Å²) in [7, 11) is 0. The Hall–Kier alpha value is -2.63. The van der Waals surface area contributed by atoms with E-state index in [-0.39, 0.29) is 17.7 Å². The molecule has 0 spiro atoms. The molecule has 2 aromatic rings. The Bertz CT molecular complexity index is 840. The van der Waals surface area contributed by atoms with Crippen molar-refractivity contribution in [2.45, 2.75) is 32.6 Å². The zero-order valence-corrected chi connectivity index (χ0v) is 14.3. The first-order chi connectivity index (χ1) is 12.1. The lowest BCUT2D eigenvalue weighted by atomic mass is 10.1. The van der Waals surface area contributed by atoms with Crippen LogP contribution in [0, 0.1) is 12.8 Å². The molecule has 6 heteroatoms. The standard InChI is InChI=1S/C19H22N4O2/c1-12-5-2-3-7-15(12)23-16-8-4-6-14(16)18(22-23)19(25)21-11-13-9-17(24)20-10-13/h2-3,5,7,13H,4,6,8-11H2,1H3,(H,20,24)(H,21,25). The topological polar surface area (TPSA) is 76.0 Å². The quantitative estimate of drug-likeness (QED) is 0.888. The van der Waals surface area contributed by atoms with Gasteiger partial charge in [-0.25, -0.2) is 4.68 Å². The molecule has 6 nitrogen and oxygen atoms in total. The van der Waals surface area contributed by atoms with Gasteiger partial charge in [0.25, 0.3) is 5.91 Å². The van der Waals surface area contributed by atoms with Crippen molar-refractivity contribution in [3.05, 3.63) is 46.8 Å². The molecule has 0 saturated carbocycles. The molecule has 25 heavy (non-hydrogen) atoms. The van der Waals surface area contributed by atoms with Gasteiger partial charge in [0.05, 0.1) is 5.69 Å². The fraction of sp³-hybridized carbons (Fsp3) is 0.421. The van der Waals surface area contributed by atoms with E-state index in [2.05, 4.69) is 28.7 Å². The summed E-state index contributed by atoms with van der Waals surface area (Å²) in [5, 5.41) is 10.4. The maximum Gasteiger partial charge on any atom is 0.272 e. The smallest absolute Gasteiger partial charge is 0.272 e. The van der Waals surface area contributed by atoms with E-state index in [1.54, 1.807) is 0 Å². The Labute approximate surface area is 146 Å². The number of para-hydroxylation sites is 1. The van der Waals surface area contributed by atoms with Crippen LogP contribution < -0.4 is 10.6 Å². The number of benzene rings is 1. The van der Waals surface area contributed by atoms with E-state index in [1.165, 1.54) is 0 Å². The van der Waals surface area contributed by atoms with Crippen LogP contribution in [-0.4, -0.2) is 34.7 Å². The predicted octanol–water partition coefficient (Wildman–Crippen LogP) is 1.54. The van der Waals surface area contributed by atoms with Crippen molar-refractivity contribution in [3.8, 4) is 5.69 Å². The molecule has 2 aliphatic rings. The zero-order chi connectivity index (χ0) is 17.4. The van der Waals surface area contributed by atoms with Gasteiger partial charge in [0.2, 0.25) is 5.91 Å². The number of amides is 2. The third-order valence-electron chi connectivity index (χ3n) is 5.10. The minimum atomic E-state index is -0.134. The minimum absolute atomic E-state index is 0.0592. The third kappa shape index (κ3) is 2.92. The van der Waals surface area contributed by atoms with Gasteiger partial charge in [-0.1, -0.05) is 18.2 Å². The van der Waals surface area contributed by atoms with Gasteiger partial charge in [-0.3, -0.25) is 9.59 Å². The first kappa shape index (κ1) is 15.9. The molecule has 1 fully saturated rings. The van der Waals surface area contributed by atoms with Crippen molar-refractivity contribution < 1.29 is 9.59 Å². The Balaban J connectivity index is 1.58. The zero-order valence-electron chi connectivity index (χ0n) is 14.3. The van der Waals surface area contributed by atoms with Crippen LogP contribution in [0.1, 0.15) is 40.2 Å². The highest BCUT2D eigenvalue weighted by Gasteiger charge is 2.28. The van der Waals surface area contributed by atoms with Gasteiger partial charge in [0.15, 0.2) is 5.69 Å². The summed E-state index contributed by atoms with van der Waals surface area (Å²) in [6.07, 6.45) is 3.38. The molecule has 1 aliphatic heterocycles. The average Bonchev–Trinajstić information content (AvgIpc) is 3.30. The van der Waals surface area contributed by atoms with Crippen molar-refractivity contribution in [1.82, 2.24) is 20.4 Å². The van der Waals surface area contributed by atoms with Crippen LogP contribution >= 0.6 is 0 Å². The molecule has 0 radical (unpaired) electrons. The number of hydrogen-bond donors (Lipinski definition) is 2. The van der Waals surface area contributed by atoms with E-state index >= 15 is 0 Å². The van der Waals surface area contributed by atoms with Crippen molar-refractivity contribution in [3.63, 3.8) is 0 Å². The summed E-state index contributed by atoms with van der Waals surface area (Å²) >= 11 is 0. The first-order valence-corrected chi connectivity index (χ1v) is 8.85. The molecular weight excluding hydrogens is 316 g/mol. The number of nitrogens with one attached hydrogen (secondary N) is 2. The number of carbonyl (C=O) groups excluding carboxylic acids is 2. The summed E-state index contributed by atoms with van der Waals surface area (Å²) in [5.41, 5.74) is 4.93. The van der Waals surface area contributed by atoms with Crippen LogP contribution in [0.25, 0.3) is 5.69 Å². The molecule has 1 unspecified atom stereocenters. The van der Waals surface area contributed by atoms with Gasteiger partial charge in [-0.05, 0) is 37.8 Å². The van der Waals surface area contributed by atoms with Crippen molar-refractivity contribution in [2.24, 2.45) is 5.92 Å². The highest BCUT2D eigenvalue weighted by atomic mass is 16.2. The van der Waals surface area contributed by atoms with Crippen molar-refractivity contribution in [2.75, 3.05) is 13.1 Å². The fourth-order valence-corrected chi connectivity index (χ4v) is 3.75. The SMILES string of the molecule is Cc1ccccc1-n1nc(C(=O)NCC2CNC(=O)C2)c2c1CCC2. The lowest BCUT2D eigenvalue weighted by Crippen LogP contribution is -2.31. The monoisotopic (exact) mass is 338 g/mol. The van der Waals surface area contributed by atoms with E-state index in [4.69, 9.17) is 0 Å². The van der Waals surface area contributed by atoms with Gasteiger partial charge < -0.3 is 10.6 Å². The second-order valence-corrected chi connectivity index (χ2v) is 6.91. The molecule has 1 atom stereocenters. The maximum atomic E-state index is 12.7. The van der Waals surface area contributed by atoms with Crippen molar-refractivity contribution in [1.29, 1.82) is 0 Å². The van der Waals surface area contributed by atoms with E-state index in [0.717, 1.165) is 41.8 Å². The number of nitrogens with zero attached hydrogens (tertiary/aromatic N) is 2. The Morgan fingerprint density at radius 1 is 1.36 bits per heavy atom. The van der Waals surface area contributed by atoms with Crippen LogP contribution in [0.4, 0.5) is 0 Å². The Kier molecular flexibility index (Phi) is 4.03. The van der Waals surface area contributed by atoms with Gasteiger partial charge in [0, 0.05) is 36.7 Å². The van der Waals surface area contributed by atoms with Crippen molar-refractivity contribution >= 4 is 11.8 Å². The molecule has 1 aromatic carbocycles. The minimum Gasteiger partial charge on any atom is -0.356 e. The molecule has 2 N–H and O–H groups in total. The molecular formula is C19H22N4O2. The van der Waals surface area contributed by atoms with E-state index in [1.807, 2.05) is 22.9 Å². The molecule has 1 aromatic heterocycles. The number of aromatic nitrogens is 2. The van der Waals surface area contributed by atoms with Crippen LogP contribution in [-0.2, 0) is 17.6 Å². The Morgan fingerprint density at radius 2 is 2.20 bits per heavy atom. The summed E-state index contributed by atoms with van der Waals surface area (Å²) in [6.45, 7) is 3.20. The van der Waals surface area contributed by atoms with E-state index < -0.39 is 0 Å². The normalized spacial score (nSPS) is 18.9. The van der Waals surface area contributed by atoms with Gasteiger partial charge in [0.1, 0.15) is 0 Å². The number of rotatable bonds is 4. The first-order valence-electron chi connectivity index (χ1n) is 8.85. The molecule has 130 valence electrons. The maximum absolute atomic E-state index is 12.7. The van der Waals surface area contributed by atoms with E-state index in [9.17, 15) is 9.59 Å². The molecule has 0 bridgehead atoms. The number of fused-ring (bicyclic) bond motifs is 1.